The van der Waals surface area contributed by atoms with Gasteiger partial charge in [-0.2, -0.15) is 0 Å². The highest BCUT2D eigenvalue weighted by Gasteiger charge is 2.36. The molecule has 1 rings (SSSR count). The van der Waals surface area contributed by atoms with Gasteiger partial charge in [-0.05, 0) is 53.6 Å². The topological polar surface area (TPSA) is 41.6 Å². The van der Waals surface area contributed by atoms with Crippen LogP contribution in [0, 0.1) is 0 Å². The number of likely N-dealkylation sites (tertiary alicyclic amines) is 1. The van der Waals surface area contributed by atoms with Crippen LogP contribution in [-0.2, 0) is 9.53 Å². The molecule has 4 heteroatoms. The van der Waals surface area contributed by atoms with Crippen molar-refractivity contribution >= 4 is 5.97 Å². The van der Waals surface area contributed by atoms with Crippen molar-refractivity contribution in [1.29, 1.82) is 0 Å². The summed E-state index contributed by atoms with van der Waals surface area (Å²) >= 11 is 0. The van der Waals surface area contributed by atoms with Gasteiger partial charge in [0.05, 0.1) is 7.11 Å². The van der Waals surface area contributed by atoms with E-state index in [0.717, 1.165) is 13.0 Å². The van der Waals surface area contributed by atoms with E-state index in [2.05, 4.69) is 24.1 Å². The predicted molar refractivity (Wildman–Crippen MR) is 78.2 cm³/mol. The van der Waals surface area contributed by atoms with Crippen molar-refractivity contribution in [2.24, 2.45) is 0 Å². The summed E-state index contributed by atoms with van der Waals surface area (Å²) in [5.74, 6) is -0.177. The van der Waals surface area contributed by atoms with Gasteiger partial charge in [-0.1, -0.05) is 12.8 Å². The minimum Gasteiger partial charge on any atom is -0.468 e. The Morgan fingerprint density at radius 3 is 2.74 bits per heavy atom. The Bertz CT molecular complexity index is 296. The number of nitrogens with one attached hydrogen (secondary N) is 1. The van der Waals surface area contributed by atoms with Crippen molar-refractivity contribution in [2.75, 3.05) is 20.7 Å². The highest BCUT2D eigenvalue weighted by Crippen LogP contribution is 2.24. The molecule has 1 heterocycles. The quantitative estimate of drug-likeness (QED) is 0.778. The number of nitrogens with zero attached hydrogens (tertiary/aromatic N) is 1. The molecule has 0 aliphatic carbocycles. The molecule has 0 radical (unpaired) electrons. The summed E-state index contributed by atoms with van der Waals surface area (Å²) in [5.41, 5.74) is -0.597. The third-order valence-corrected chi connectivity index (χ3v) is 4.56. The number of likely N-dealkylation sites (N-methyl/N-ethyl adjacent to an activating group) is 1. The number of rotatable bonds is 5. The summed E-state index contributed by atoms with van der Waals surface area (Å²) in [6, 6.07) is 0.987. The molecule has 1 aliphatic rings. The lowest BCUT2D eigenvalue weighted by molar-refractivity contribution is -0.148. The first-order chi connectivity index (χ1) is 8.94. The first kappa shape index (κ1) is 16.4. The second kappa shape index (κ2) is 7.25. The Morgan fingerprint density at radius 2 is 2.16 bits per heavy atom. The fraction of sp³-hybridized carbons (Fsp3) is 0.933. The number of hydrogen-bond acceptors (Lipinski definition) is 4. The van der Waals surface area contributed by atoms with Crippen LogP contribution in [0.25, 0.3) is 0 Å². The van der Waals surface area contributed by atoms with Gasteiger partial charge in [-0.15, -0.1) is 0 Å². The lowest BCUT2D eigenvalue weighted by Crippen LogP contribution is -2.53. The number of ether oxygens (including phenoxy) is 1. The van der Waals surface area contributed by atoms with Crippen molar-refractivity contribution in [3.05, 3.63) is 0 Å². The third kappa shape index (κ3) is 4.18. The molecular formula is C15H30N2O2. The Balaban J connectivity index is 2.70. The number of esters is 1. The SMILES string of the molecule is CNC(C)(CC(C)N1CCCCCC1C)C(=O)OC. The number of carbonyl (C=O) groups is 1. The number of hydrogen-bond donors (Lipinski definition) is 1. The minimum absolute atomic E-state index is 0.177. The van der Waals surface area contributed by atoms with E-state index in [9.17, 15) is 4.79 Å². The second-order valence-electron chi connectivity index (χ2n) is 6.06. The summed E-state index contributed by atoms with van der Waals surface area (Å²) < 4.78 is 4.93. The van der Waals surface area contributed by atoms with E-state index in [4.69, 9.17) is 4.74 Å². The van der Waals surface area contributed by atoms with E-state index in [0.29, 0.717) is 12.1 Å². The highest BCUT2D eigenvalue weighted by atomic mass is 16.5. The molecule has 1 fully saturated rings. The lowest BCUT2D eigenvalue weighted by Gasteiger charge is -2.37. The van der Waals surface area contributed by atoms with Crippen LogP contribution < -0.4 is 5.32 Å². The van der Waals surface area contributed by atoms with Gasteiger partial charge >= 0.3 is 5.97 Å². The van der Waals surface area contributed by atoms with Gasteiger partial charge in [0.25, 0.3) is 0 Å². The van der Waals surface area contributed by atoms with Crippen molar-refractivity contribution in [1.82, 2.24) is 10.2 Å². The number of methoxy groups -OCH3 is 1. The Hall–Kier alpha value is -0.610. The molecule has 1 aliphatic heterocycles. The van der Waals surface area contributed by atoms with Gasteiger partial charge in [0, 0.05) is 12.1 Å². The Morgan fingerprint density at radius 1 is 1.47 bits per heavy atom. The van der Waals surface area contributed by atoms with E-state index in [-0.39, 0.29) is 5.97 Å². The van der Waals surface area contributed by atoms with Gasteiger partial charge in [-0.3, -0.25) is 9.69 Å². The van der Waals surface area contributed by atoms with Crippen LogP contribution in [0.5, 0.6) is 0 Å². The molecule has 0 aromatic heterocycles. The average molecular weight is 270 g/mol. The predicted octanol–water partition coefficient (Wildman–Crippen LogP) is 2.18. The standard InChI is InChI=1S/C15H30N2O2/c1-12-9-7-6-8-10-17(12)13(2)11-15(3,16-4)14(18)19-5/h12-13,16H,6-11H2,1-5H3. The first-order valence-electron chi connectivity index (χ1n) is 7.47. The zero-order valence-electron chi connectivity index (χ0n) is 13.2. The normalized spacial score (nSPS) is 26.3. The van der Waals surface area contributed by atoms with Crippen molar-refractivity contribution in [3.63, 3.8) is 0 Å². The molecule has 3 unspecified atom stereocenters. The zero-order chi connectivity index (χ0) is 14.5. The summed E-state index contributed by atoms with van der Waals surface area (Å²) in [6.07, 6.45) is 5.96. The summed E-state index contributed by atoms with van der Waals surface area (Å²) in [4.78, 5) is 14.5. The molecule has 3 atom stereocenters. The molecule has 4 nitrogen and oxygen atoms in total. The van der Waals surface area contributed by atoms with Crippen LogP contribution in [0.3, 0.4) is 0 Å². The van der Waals surface area contributed by atoms with Gasteiger partial charge in [0.2, 0.25) is 0 Å². The molecule has 112 valence electrons. The fourth-order valence-electron chi connectivity index (χ4n) is 3.17. The third-order valence-electron chi connectivity index (χ3n) is 4.56. The molecule has 0 saturated carbocycles. The van der Waals surface area contributed by atoms with E-state index in [1.54, 1.807) is 0 Å². The van der Waals surface area contributed by atoms with Crippen LogP contribution in [-0.4, -0.2) is 49.2 Å². The van der Waals surface area contributed by atoms with Crippen molar-refractivity contribution in [3.8, 4) is 0 Å². The van der Waals surface area contributed by atoms with E-state index >= 15 is 0 Å². The minimum atomic E-state index is -0.597. The zero-order valence-corrected chi connectivity index (χ0v) is 13.2. The molecule has 1 saturated heterocycles. The molecule has 19 heavy (non-hydrogen) atoms. The van der Waals surface area contributed by atoms with E-state index < -0.39 is 5.54 Å². The van der Waals surface area contributed by atoms with Crippen LogP contribution in [0.15, 0.2) is 0 Å². The summed E-state index contributed by atoms with van der Waals surface area (Å²) in [7, 11) is 3.28. The first-order valence-corrected chi connectivity index (χ1v) is 7.47. The summed E-state index contributed by atoms with van der Waals surface area (Å²) in [5, 5.41) is 3.13. The monoisotopic (exact) mass is 270 g/mol. The number of carbonyl (C=O) groups excluding carboxylic acids is 1. The molecule has 0 aromatic rings. The highest BCUT2D eigenvalue weighted by molar-refractivity contribution is 5.80. The Labute approximate surface area is 117 Å². The van der Waals surface area contributed by atoms with Crippen LogP contribution in [0.2, 0.25) is 0 Å². The molecule has 0 spiro atoms. The molecule has 0 amide bonds. The largest absolute Gasteiger partial charge is 0.468 e. The molecule has 0 aromatic carbocycles. The van der Waals surface area contributed by atoms with Crippen LogP contribution >= 0.6 is 0 Å². The van der Waals surface area contributed by atoms with Crippen LogP contribution in [0.1, 0.15) is 52.9 Å². The second-order valence-corrected chi connectivity index (χ2v) is 6.06. The molecule has 0 bridgehead atoms. The van der Waals surface area contributed by atoms with Crippen molar-refractivity contribution in [2.45, 2.75) is 70.5 Å². The van der Waals surface area contributed by atoms with Gasteiger partial charge in [-0.25, -0.2) is 0 Å². The summed E-state index contributed by atoms with van der Waals surface area (Å²) in [6.45, 7) is 7.60. The van der Waals surface area contributed by atoms with Crippen molar-refractivity contribution < 1.29 is 9.53 Å². The van der Waals surface area contributed by atoms with E-state index in [1.807, 2.05) is 14.0 Å². The van der Waals surface area contributed by atoms with Crippen LogP contribution in [0.4, 0.5) is 0 Å². The lowest BCUT2D eigenvalue weighted by atomic mass is 9.92. The van der Waals surface area contributed by atoms with E-state index in [1.165, 1.54) is 32.8 Å². The smallest absolute Gasteiger partial charge is 0.325 e. The molecule has 1 N–H and O–H groups in total. The maximum absolute atomic E-state index is 11.9. The fourth-order valence-corrected chi connectivity index (χ4v) is 3.17. The maximum atomic E-state index is 11.9. The van der Waals surface area contributed by atoms with Gasteiger partial charge in [0.15, 0.2) is 0 Å². The van der Waals surface area contributed by atoms with Gasteiger partial charge in [0.1, 0.15) is 5.54 Å². The Kier molecular flexibility index (Phi) is 6.27. The average Bonchev–Trinajstić information content (AvgIpc) is 2.62. The maximum Gasteiger partial charge on any atom is 0.325 e. The molecular weight excluding hydrogens is 240 g/mol. The van der Waals surface area contributed by atoms with Gasteiger partial charge < -0.3 is 10.1 Å².